The molecule has 5 heteroatoms. The monoisotopic (exact) mass is 244 g/mol. The lowest BCUT2D eigenvalue weighted by molar-refractivity contribution is 0.0461. The van der Waals surface area contributed by atoms with E-state index in [-0.39, 0.29) is 17.2 Å². The van der Waals surface area contributed by atoms with Crippen molar-refractivity contribution in [3.8, 4) is 0 Å². The predicted octanol–water partition coefficient (Wildman–Crippen LogP) is 2.20. The Balaban J connectivity index is 3.08. The Hall–Kier alpha value is -1.04. The molecule has 1 rings (SSSR count). The highest BCUT2D eigenvalue weighted by molar-refractivity contribution is 5.28. The fourth-order valence-electron chi connectivity index (χ4n) is 1.74. The smallest absolute Gasteiger partial charge is 0.164 e. The van der Waals surface area contributed by atoms with Gasteiger partial charge in [-0.2, -0.15) is 0 Å². The van der Waals surface area contributed by atoms with Crippen molar-refractivity contribution in [1.82, 2.24) is 5.43 Å². The van der Waals surface area contributed by atoms with Crippen molar-refractivity contribution in [2.75, 3.05) is 6.61 Å². The van der Waals surface area contributed by atoms with Gasteiger partial charge in [0.1, 0.15) is 0 Å². The highest BCUT2D eigenvalue weighted by Gasteiger charge is 2.23. The van der Waals surface area contributed by atoms with Crippen LogP contribution in [0.25, 0.3) is 0 Å². The van der Waals surface area contributed by atoms with Crippen molar-refractivity contribution in [3.05, 3.63) is 34.9 Å². The van der Waals surface area contributed by atoms with E-state index in [4.69, 9.17) is 10.6 Å². The van der Waals surface area contributed by atoms with Crippen LogP contribution in [0.1, 0.15) is 31.0 Å². The number of hydrazine groups is 1. The first-order valence-corrected chi connectivity index (χ1v) is 5.55. The van der Waals surface area contributed by atoms with Crippen LogP contribution in [0.5, 0.6) is 0 Å². The van der Waals surface area contributed by atoms with E-state index in [1.54, 1.807) is 6.92 Å². The number of ether oxygens (including phenoxy) is 1. The maximum absolute atomic E-state index is 13.8. The first-order chi connectivity index (χ1) is 8.02. The van der Waals surface area contributed by atoms with Crippen molar-refractivity contribution in [3.63, 3.8) is 0 Å². The zero-order valence-corrected chi connectivity index (χ0v) is 10.3. The fourth-order valence-corrected chi connectivity index (χ4v) is 1.74. The maximum Gasteiger partial charge on any atom is 0.164 e. The summed E-state index contributed by atoms with van der Waals surface area (Å²) in [6.07, 6.45) is -0.346. The Labute approximate surface area is 99.9 Å². The molecule has 0 aliphatic carbocycles. The van der Waals surface area contributed by atoms with Crippen LogP contribution in [0.3, 0.4) is 0 Å². The van der Waals surface area contributed by atoms with Gasteiger partial charge in [0.05, 0.1) is 12.1 Å². The molecule has 0 aliphatic heterocycles. The summed E-state index contributed by atoms with van der Waals surface area (Å²) in [7, 11) is 0. The van der Waals surface area contributed by atoms with Gasteiger partial charge in [0.2, 0.25) is 0 Å². The molecule has 0 radical (unpaired) electrons. The van der Waals surface area contributed by atoms with Crippen LogP contribution in [-0.2, 0) is 4.74 Å². The molecule has 0 aromatic heterocycles. The SMILES string of the molecule is CCOC(C)C(NN)c1ccc(C)c(F)c1F. The fraction of sp³-hybridized carbons (Fsp3) is 0.500. The number of hydrogen-bond donors (Lipinski definition) is 2. The van der Waals surface area contributed by atoms with Gasteiger partial charge in [0, 0.05) is 12.2 Å². The molecule has 0 spiro atoms. The molecule has 0 aliphatic rings. The average Bonchev–Trinajstić information content (AvgIpc) is 2.30. The maximum atomic E-state index is 13.8. The zero-order valence-electron chi connectivity index (χ0n) is 10.3. The van der Waals surface area contributed by atoms with Gasteiger partial charge in [-0.25, -0.2) is 8.78 Å². The molecule has 2 unspecified atom stereocenters. The number of nitrogens with one attached hydrogen (secondary N) is 1. The molecule has 1 aromatic carbocycles. The summed E-state index contributed by atoms with van der Waals surface area (Å²) in [6, 6.07) is 2.47. The number of rotatable bonds is 5. The minimum absolute atomic E-state index is 0.177. The highest BCUT2D eigenvalue weighted by Crippen LogP contribution is 2.24. The van der Waals surface area contributed by atoms with Crippen LogP contribution >= 0.6 is 0 Å². The third kappa shape index (κ3) is 3.00. The number of benzene rings is 1. The van der Waals surface area contributed by atoms with Crippen molar-refractivity contribution in [2.24, 2.45) is 5.84 Å². The molecule has 3 N–H and O–H groups in total. The van der Waals surface area contributed by atoms with Crippen LogP contribution in [0.15, 0.2) is 12.1 Å². The van der Waals surface area contributed by atoms with E-state index in [1.165, 1.54) is 19.1 Å². The number of aryl methyl sites for hydroxylation is 1. The Kier molecular flexibility index (Phi) is 4.99. The first-order valence-electron chi connectivity index (χ1n) is 5.55. The van der Waals surface area contributed by atoms with Crippen molar-refractivity contribution < 1.29 is 13.5 Å². The second-order valence-electron chi connectivity index (χ2n) is 3.90. The number of hydrogen-bond acceptors (Lipinski definition) is 3. The number of nitrogens with two attached hydrogens (primary N) is 1. The summed E-state index contributed by atoms with van der Waals surface area (Å²) in [4.78, 5) is 0. The van der Waals surface area contributed by atoms with E-state index >= 15 is 0 Å². The Morgan fingerprint density at radius 1 is 1.35 bits per heavy atom. The van der Waals surface area contributed by atoms with Gasteiger partial charge in [-0.15, -0.1) is 0 Å². The first kappa shape index (κ1) is 14.0. The van der Waals surface area contributed by atoms with E-state index in [0.717, 1.165) is 0 Å². The Morgan fingerprint density at radius 3 is 2.53 bits per heavy atom. The lowest BCUT2D eigenvalue weighted by atomic mass is 10.0. The van der Waals surface area contributed by atoms with Gasteiger partial charge >= 0.3 is 0 Å². The summed E-state index contributed by atoms with van der Waals surface area (Å²) < 4.78 is 32.6. The van der Waals surface area contributed by atoms with Crippen LogP contribution in [0.4, 0.5) is 8.78 Å². The molecule has 0 bridgehead atoms. The summed E-state index contributed by atoms with van der Waals surface area (Å²) in [5.74, 6) is 3.66. The molecule has 0 fully saturated rings. The van der Waals surface area contributed by atoms with Crippen molar-refractivity contribution >= 4 is 0 Å². The van der Waals surface area contributed by atoms with E-state index in [9.17, 15) is 8.78 Å². The number of halogens is 2. The molecule has 2 atom stereocenters. The minimum Gasteiger partial charge on any atom is -0.377 e. The minimum atomic E-state index is -0.875. The second kappa shape index (κ2) is 6.05. The van der Waals surface area contributed by atoms with E-state index in [2.05, 4.69) is 5.43 Å². The molecule has 3 nitrogen and oxygen atoms in total. The van der Waals surface area contributed by atoms with Crippen LogP contribution in [0, 0.1) is 18.6 Å². The van der Waals surface area contributed by atoms with E-state index in [0.29, 0.717) is 6.61 Å². The van der Waals surface area contributed by atoms with Crippen LogP contribution in [-0.4, -0.2) is 12.7 Å². The molecule has 0 saturated heterocycles. The zero-order chi connectivity index (χ0) is 13.0. The Morgan fingerprint density at radius 2 is 2.00 bits per heavy atom. The lowest BCUT2D eigenvalue weighted by Gasteiger charge is -2.24. The van der Waals surface area contributed by atoms with Gasteiger partial charge in [-0.1, -0.05) is 12.1 Å². The van der Waals surface area contributed by atoms with Gasteiger partial charge < -0.3 is 4.74 Å². The molecule has 17 heavy (non-hydrogen) atoms. The third-order valence-electron chi connectivity index (χ3n) is 2.72. The Bertz CT molecular complexity index is 385. The topological polar surface area (TPSA) is 47.3 Å². The van der Waals surface area contributed by atoms with Crippen LogP contribution in [0.2, 0.25) is 0 Å². The highest BCUT2D eigenvalue weighted by atomic mass is 19.2. The molecular formula is C12H18F2N2O. The summed E-state index contributed by atoms with van der Waals surface area (Å²) >= 11 is 0. The van der Waals surface area contributed by atoms with Gasteiger partial charge in [-0.3, -0.25) is 11.3 Å². The van der Waals surface area contributed by atoms with E-state index in [1.807, 2.05) is 6.92 Å². The largest absolute Gasteiger partial charge is 0.377 e. The molecule has 0 saturated carbocycles. The normalized spacial score (nSPS) is 14.7. The summed E-state index contributed by atoms with van der Waals surface area (Å²) in [5, 5.41) is 0. The predicted molar refractivity (Wildman–Crippen MR) is 62.2 cm³/mol. The van der Waals surface area contributed by atoms with Crippen molar-refractivity contribution in [2.45, 2.75) is 32.9 Å². The van der Waals surface area contributed by atoms with Gasteiger partial charge in [0.15, 0.2) is 11.6 Å². The lowest BCUT2D eigenvalue weighted by Crippen LogP contribution is -2.37. The molecule has 0 heterocycles. The van der Waals surface area contributed by atoms with Crippen molar-refractivity contribution in [1.29, 1.82) is 0 Å². The molecular weight excluding hydrogens is 226 g/mol. The van der Waals surface area contributed by atoms with E-state index < -0.39 is 17.7 Å². The second-order valence-corrected chi connectivity index (χ2v) is 3.90. The summed E-state index contributed by atoms with van der Waals surface area (Å²) in [5.41, 5.74) is 2.91. The standard InChI is InChI=1S/C12H18F2N2O/c1-4-17-8(3)12(16-15)9-6-5-7(2)10(13)11(9)14/h5-6,8,12,16H,4,15H2,1-3H3. The molecule has 0 amide bonds. The van der Waals surface area contributed by atoms with Crippen LogP contribution < -0.4 is 11.3 Å². The summed E-state index contributed by atoms with van der Waals surface area (Å²) in [6.45, 7) is 5.58. The van der Waals surface area contributed by atoms with Gasteiger partial charge in [0.25, 0.3) is 0 Å². The quantitative estimate of drug-likeness (QED) is 0.616. The molecule has 96 valence electrons. The third-order valence-corrected chi connectivity index (χ3v) is 2.72. The average molecular weight is 244 g/mol. The molecule has 1 aromatic rings. The van der Waals surface area contributed by atoms with Gasteiger partial charge in [-0.05, 0) is 26.3 Å².